The third-order valence-electron chi connectivity index (χ3n) is 1.90. The molecule has 0 aromatic heterocycles. The van der Waals surface area contributed by atoms with Gasteiger partial charge in [0.05, 0.1) is 6.10 Å². The van der Waals surface area contributed by atoms with Gasteiger partial charge in [-0.25, -0.2) is 0 Å². The van der Waals surface area contributed by atoms with E-state index in [0.717, 1.165) is 5.56 Å². The molecule has 14 heavy (non-hydrogen) atoms. The normalized spacial score (nSPS) is 14.7. The molecule has 3 N–H and O–H groups in total. The van der Waals surface area contributed by atoms with Crippen molar-refractivity contribution >= 4 is 21.8 Å². The number of carbonyl (C=O) groups excluding carboxylic acids is 1. The maximum absolute atomic E-state index is 10.7. The van der Waals surface area contributed by atoms with Gasteiger partial charge in [-0.3, -0.25) is 4.79 Å². The predicted molar refractivity (Wildman–Crippen MR) is 58.1 cm³/mol. The smallest absolute Gasteiger partial charge is 0.233 e. The molecule has 0 aliphatic rings. The zero-order valence-corrected chi connectivity index (χ0v) is 9.15. The Kier molecular flexibility index (Phi) is 4.10. The zero-order valence-electron chi connectivity index (χ0n) is 7.56. The van der Waals surface area contributed by atoms with Crippen molar-refractivity contribution in [2.45, 2.75) is 17.4 Å². The van der Waals surface area contributed by atoms with Gasteiger partial charge in [-0.15, -0.1) is 0 Å². The highest BCUT2D eigenvalue weighted by molar-refractivity contribution is 9.10. The van der Waals surface area contributed by atoms with Crippen molar-refractivity contribution in [3.8, 4) is 0 Å². The second-order valence-corrected chi connectivity index (χ2v) is 4.05. The first-order chi connectivity index (χ1) is 6.61. The summed E-state index contributed by atoms with van der Waals surface area (Å²) in [6, 6.07) is 9.45. The lowest BCUT2D eigenvalue weighted by Gasteiger charge is -2.13. The van der Waals surface area contributed by atoms with E-state index in [2.05, 4.69) is 15.9 Å². The van der Waals surface area contributed by atoms with E-state index >= 15 is 0 Å². The van der Waals surface area contributed by atoms with Crippen LogP contribution in [0, 0.1) is 0 Å². The topological polar surface area (TPSA) is 63.3 Å². The number of benzene rings is 1. The number of aliphatic hydroxyl groups excluding tert-OH is 1. The molecule has 0 heterocycles. The standard InChI is InChI=1S/C10H12BrNO2/c11-9(10(12)14)8(13)6-7-4-2-1-3-5-7/h1-5,8-9,13H,6H2,(H2,12,14). The number of halogens is 1. The summed E-state index contributed by atoms with van der Waals surface area (Å²) in [4.78, 5) is 10.1. The molecule has 0 radical (unpaired) electrons. The van der Waals surface area contributed by atoms with Gasteiger partial charge in [0.2, 0.25) is 5.91 Å². The number of amides is 1. The Morgan fingerprint density at radius 3 is 2.50 bits per heavy atom. The number of rotatable bonds is 4. The van der Waals surface area contributed by atoms with Crippen LogP contribution in [-0.4, -0.2) is 21.9 Å². The average molecular weight is 258 g/mol. The third kappa shape index (κ3) is 3.12. The van der Waals surface area contributed by atoms with Crippen LogP contribution in [0.15, 0.2) is 30.3 Å². The monoisotopic (exact) mass is 257 g/mol. The van der Waals surface area contributed by atoms with Gasteiger partial charge >= 0.3 is 0 Å². The summed E-state index contributed by atoms with van der Waals surface area (Å²) in [6.45, 7) is 0. The Morgan fingerprint density at radius 1 is 1.43 bits per heavy atom. The number of hydrogen-bond donors (Lipinski definition) is 2. The maximum atomic E-state index is 10.7. The molecule has 1 amide bonds. The molecular formula is C10H12BrNO2. The number of hydrogen-bond acceptors (Lipinski definition) is 2. The summed E-state index contributed by atoms with van der Waals surface area (Å²) in [6.07, 6.45) is -0.366. The zero-order chi connectivity index (χ0) is 10.6. The average Bonchev–Trinajstić information content (AvgIpc) is 2.18. The number of primary amides is 1. The van der Waals surface area contributed by atoms with E-state index in [1.165, 1.54) is 0 Å². The quantitative estimate of drug-likeness (QED) is 0.786. The molecule has 3 nitrogen and oxygen atoms in total. The second kappa shape index (κ2) is 5.12. The minimum atomic E-state index is -0.783. The molecule has 0 bridgehead atoms. The van der Waals surface area contributed by atoms with Crippen LogP contribution in [0.25, 0.3) is 0 Å². The van der Waals surface area contributed by atoms with E-state index in [1.807, 2.05) is 30.3 Å². The molecule has 0 saturated heterocycles. The van der Waals surface area contributed by atoms with E-state index in [0.29, 0.717) is 6.42 Å². The highest BCUT2D eigenvalue weighted by Gasteiger charge is 2.21. The molecular weight excluding hydrogens is 246 g/mol. The molecule has 0 saturated carbocycles. The molecule has 2 unspecified atom stereocenters. The lowest BCUT2D eigenvalue weighted by Crippen LogP contribution is -2.35. The van der Waals surface area contributed by atoms with Crippen molar-refractivity contribution in [2.75, 3.05) is 0 Å². The molecule has 0 fully saturated rings. The van der Waals surface area contributed by atoms with Crippen LogP contribution in [0.1, 0.15) is 5.56 Å². The highest BCUT2D eigenvalue weighted by Crippen LogP contribution is 2.11. The molecule has 1 aromatic carbocycles. The second-order valence-electron chi connectivity index (χ2n) is 3.06. The van der Waals surface area contributed by atoms with Crippen molar-refractivity contribution < 1.29 is 9.90 Å². The molecule has 1 aromatic rings. The first-order valence-corrected chi connectivity index (χ1v) is 5.18. The van der Waals surface area contributed by atoms with Crippen molar-refractivity contribution in [3.05, 3.63) is 35.9 Å². The summed E-state index contributed by atoms with van der Waals surface area (Å²) < 4.78 is 0. The summed E-state index contributed by atoms with van der Waals surface area (Å²) in [5.74, 6) is -0.548. The maximum Gasteiger partial charge on any atom is 0.233 e. The van der Waals surface area contributed by atoms with Crippen molar-refractivity contribution in [3.63, 3.8) is 0 Å². The van der Waals surface area contributed by atoms with Gasteiger partial charge in [0, 0.05) is 0 Å². The first-order valence-electron chi connectivity index (χ1n) is 4.26. The summed E-state index contributed by atoms with van der Waals surface area (Å²) >= 11 is 3.04. The van der Waals surface area contributed by atoms with E-state index in [9.17, 15) is 9.90 Å². The number of carbonyl (C=O) groups is 1. The van der Waals surface area contributed by atoms with Crippen LogP contribution in [-0.2, 0) is 11.2 Å². The van der Waals surface area contributed by atoms with Gasteiger partial charge in [0.1, 0.15) is 4.83 Å². The first kappa shape index (κ1) is 11.2. The summed E-state index contributed by atoms with van der Waals surface area (Å²) in [7, 11) is 0. The van der Waals surface area contributed by atoms with Crippen molar-refractivity contribution in [2.24, 2.45) is 5.73 Å². The van der Waals surface area contributed by atoms with Gasteiger partial charge in [-0.1, -0.05) is 46.3 Å². The number of aliphatic hydroxyl groups is 1. The van der Waals surface area contributed by atoms with Crippen molar-refractivity contribution in [1.82, 2.24) is 0 Å². The van der Waals surface area contributed by atoms with E-state index in [4.69, 9.17) is 5.73 Å². The predicted octanol–water partition coefficient (Wildman–Crippen LogP) is 0.839. The van der Waals surface area contributed by atoms with E-state index in [1.54, 1.807) is 0 Å². The van der Waals surface area contributed by atoms with Gasteiger partial charge in [0.15, 0.2) is 0 Å². The van der Waals surface area contributed by atoms with Gasteiger partial charge in [-0.05, 0) is 12.0 Å². The molecule has 0 spiro atoms. The molecule has 76 valence electrons. The van der Waals surface area contributed by atoms with E-state index in [-0.39, 0.29) is 0 Å². The summed E-state index contributed by atoms with van der Waals surface area (Å²) in [5.41, 5.74) is 6.02. The Hall–Kier alpha value is -0.870. The van der Waals surface area contributed by atoms with Crippen LogP contribution >= 0.6 is 15.9 Å². The molecule has 2 atom stereocenters. The Bertz CT molecular complexity index is 302. The van der Waals surface area contributed by atoms with Crippen LogP contribution < -0.4 is 5.73 Å². The van der Waals surface area contributed by atoms with Crippen molar-refractivity contribution in [1.29, 1.82) is 0 Å². The van der Waals surface area contributed by atoms with Crippen LogP contribution in [0.3, 0.4) is 0 Å². The minimum absolute atomic E-state index is 0.416. The van der Waals surface area contributed by atoms with Gasteiger partial charge in [0.25, 0.3) is 0 Å². The lowest BCUT2D eigenvalue weighted by molar-refractivity contribution is -0.119. The minimum Gasteiger partial charge on any atom is -0.391 e. The Morgan fingerprint density at radius 2 is 2.00 bits per heavy atom. The molecule has 1 rings (SSSR count). The highest BCUT2D eigenvalue weighted by atomic mass is 79.9. The van der Waals surface area contributed by atoms with Gasteiger partial charge < -0.3 is 10.8 Å². The SMILES string of the molecule is NC(=O)C(Br)C(O)Cc1ccccc1. The van der Waals surface area contributed by atoms with Crippen LogP contribution in [0.2, 0.25) is 0 Å². The number of alkyl halides is 1. The number of nitrogens with two attached hydrogens (primary N) is 1. The fourth-order valence-electron chi connectivity index (χ4n) is 1.15. The molecule has 0 aliphatic heterocycles. The van der Waals surface area contributed by atoms with Gasteiger partial charge in [-0.2, -0.15) is 0 Å². The Labute approximate surface area is 91.1 Å². The summed E-state index contributed by atoms with van der Waals surface area (Å²) in [5, 5.41) is 9.59. The molecule has 0 aliphatic carbocycles. The fourth-order valence-corrected chi connectivity index (χ4v) is 1.34. The fraction of sp³-hybridized carbons (Fsp3) is 0.300. The lowest BCUT2D eigenvalue weighted by atomic mass is 10.1. The third-order valence-corrected chi connectivity index (χ3v) is 2.96. The largest absolute Gasteiger partial charge is 0.391 e. The van der Waals surface area contributed by atoms with E-state index < -0.39 is 16.8 Å². The molecule has 4 heteroatoms. The van der Waals surface area contributed by atoms with Crippen LogP contribution in [0.4, 0.5) is 0 Å². The Balaban J connectivity index is 2.57. The van der Waals surface area contributed by atoms with Crippen LogP contribution in [0.5, 0.6) is 0 Å².